The molecule has 0 saturated carbocycles. The van der Waals surface area contributed by atoms with Crippen LogP contribution in [0, 0.1) is 6.92 Å². The van der Waals surface area contributed by atoms with Gasteiger partial charge >= 0.3 is 6.18 Å². The summed E-state index contributed by atoms with van der Waals surface area (Å²) in [6, 6.07) is 2.35. The van der Waals surface area contributed by atoms with Crippen LogP contribution in [0.2, 0.25) is 0 Å². The van der Waals surface area contributed by atoms with Gasteiger partial charge in [0.2, 0.25) is 0 Å². The monoisotopic (exact) mass is 283 g/mol. The number of hydrogen-bond donors (Lipinski definition) is 1. The van der Waals surface area contributed by atoms with E-state index in [0.717, 1.165) is 12.1 Å². The van der Waals surface area contributed by atoms with Gasteiger partial charge in [0, 0.05) is 5.56 Å². The van der Waals surface area contributed by atoms with E-state index < -0.39 is 23.7 Å². The number of benzene rings is 1. The van der Waals surface area contributed by atoms with E-state index in [0.29, 0.717) is 6.07 Å². The fourth-order valence-corrected chi connectivity index (χ4v) is 1.10. The van der Waals surface area contributed by atoms with Gasteiger partial charge in [-0.25, -0.2) is 8.78 Å². The molecule has 110 valence electrons. The molecule has 1 nitrogen and oxygen atoms in total. The Morgan fingerprint density at radius 2 is 1.58 bits per heavy atom. The summed E-state index contributed by atoms with van der Waals surface area (Å²) in [5, 5.41) is 0. The quantitative estimate of drug-likeness (QED) is 0.716. The Morgan fingerprint density at radius 3 is 1.89 bits per heavy atom. The van der Waals surface area contributed by atoms with Crippen molar-refractivity contribution < 1.29 is 22.0 Å². The van der Waals surface area contributed by atoms with Crippen LogP contribution >= 0.6 is 0 Å². The summed E-state index contributed by atoms with van der Waals surface area (Å²) in [7, 11) is 0. The molecule has 0 aliphatic rings. The molecule has 0 bridgehead atoms. The molecule has 0 unspecified atom stereocenters. The van der Waals surface area contributed by atoms with Crippen molar-refractivity contribution in [2.45, 2.75) is 33.4 Å². The van der Waals surface area contributed by atoms with E-state index in [2.05, 4.69) is 12.3 Å². The van der Waals surface area contributed by atoms with Crippen LogP contribution in [0.4, 0.5) is 22.0 Å². The Morgan fingerprint density at radius 1 is 1.16 bits per heavy atom. The molecule has 0 spiro atoms. The predicted molar refractivity (Wildman–Crippen MR) is 66.9 cm³/mol. The number of alkyl halides is 5. The summed E-state index contributed by atoms with van der Waals surface area (Å²) in [4.78, 5) is 0. The predicted octanol–water partition coefficient (Wildman–Crippen LogP) is 5.07. The first-order valence-corrected chi connectivity index (χ1v) is 5.52. The van der Waals surface area contributed by atoms with Crippen molar-refractivity contribution in [3.63, 3.8) is 0 Å². The summed E-state index contributed by atoms with van der Waals surface area (Å²) in [6.45, 7) is 8.49. The second kappa shape index (κ2) is 9.35. The molecule has 0 aromatic heterocycles. The van der Waals surface area contributed by atoms with Gasteiger partial charge in [-0.05, 0) is 25.3 Å². The van der Waals surface area contributed by atoms with Crippen LogP contribution in [0.25, 0.3) is 0 Å². The van der Waals surface area contributed by atoms with Crippen LogP contribution < -0.4 is 5.73 Å². The lowest BCUT2D eigenvalue weighted by molar-refractivity contribution is -0.137. The van der Waals surface area contributed by atoms with Gasteiger partial charge in [-0.15, -0.1) is 0 Å². The molecule has 1 aromatic rings. The van der Waals surface area contributed by atoms with Gasteiger partial charge in [-0.3, -0.25) is 0 Å². The third kappa shape index (κ3) is 8.18. The molecule has 0 radical (unpaired) electrons. The fourth-order valence-electron chi connectivity index (χ4n) is 1.10. The second-order valence-electron chi connectivity index (χ2n) is 3.17. The maximum Gasteiger partial charge on any atom is 0.416 e. The molecule has 0 amide bonds. The van der Waals surface area contributed by atoms with Crippen LogP contribution in [-0.4, -0.2) is 0 Å². The minimum Gasteiger partial charge on any atom is -0.405 e. The minimum atomic E-state index is -4.57. The van der Waals surface area contributed by atoms with E-state index in [4.69, 9.17) is 0 Å². The smallest absolute Gasteiger partial charge is 0.405 e. The molecule has 0 heterocycles. The lowest BCUT2D eigenvalue weighted by Crippen LogP contribution is -2.06. The van der Waals surface area contributed by atoms with E-state index in [1.165, 1.54) is 13.1 Å². The molecular weight excluding hydrogens is 265 g/mol. The first-order valence-electron chi connectivity index (χ1n) is 5.52. The highest BCUT2D eigenvalue weighted by molar-refractivity contribution is 5.31. The second-order valence-corrected chi connectivity index (χ2v) is 3.17. The summed E-state index contributed by atoms with van der Waals surface area (Å²) in [5.41, 5.74) is 3.15. The van der Waals surface area contributed by atoms with E-state index in [9.17, 15) is 22.0 Å². The van der Waals surface area contributed by atoms with Crippen molar-refractivity contribution in [3.8, 4) is 0 Å². The van der Waals surface area contributed by atoms with Gasteiger partial charge in [-0.1, -0.05) is 32.1 Å². The molecule has 2 N–H and O–H groups in total. The maximum absolute atomic E-state index is 12.2. The standard InChI is InChI=1S/C9H7F5.C2H5N.C2H6/c1-5-2-6(8(10)11)4-7(3-5)9(12,13)14;1-2-3;1-2/h2-4,8H,1H3;2H,1,3H2;1-2H3. The lowest BCUT2D eigenvalue weighted by atomic mass is 10.1. The fraction of sp³-hybridized carbons (Fsp3) is 0.385. The third-order valence-corrected chi connectivity index (χ3v) is 1.68. The first-order chi connectivity index (χ1) is 8.72. The third-order valence-electron chi connectivity index (χ3n) is 1.68. The van der Waals surface area contributed by atoms with E-state index in [1.807, 2.05) is 13.8 Å². The van der Waals surface area contributed by atoms with Crippen molar-refractivity contribution in [2.24, 2.45) is 5.73 Å². The zero-order valence-electron chi connectivity index (χ0n) is 11.1. The van der Waals surface area contributed by atoms with Crippen LogP contribution in [0.3, 0.4) is 0 Å². The van der Waals surface area contributed by atoms with Crippen LogP contribution in [-0.2, 0) is 6.18 Å². The summed E-state index contributed by atoms with van der Waals surface area (Å²) in [5.74, 6) is 0. The largest absolute Gasteiger partial charge is 0.416 e. The average molecular weight is 283 g/mol. The lowest BCUT2D eigenvalue weighted by Gasteiger charge is -2.09. The number of halogens is 5. The molecule has 0 fully saturated rings. The number of nitrogens with two attached hydrogens (primary N) is 1. The van der Waals surface area contributed by atoms with Crippen molar-refractivity contribution in [2.75, 3.05) is 0 Å². The Hall–Kier alpha value is -1.59. The molecule has 1 rings (SSSR count). The van der Waals surface area contributed by atoms with Crippen molar-refractivity contribution in [1.82, 2.24) is 0 Å². The molecule has 0 aliphatic heterocycles. The van der Waals surface area contributed by atoms with Gasteiger partial charge in [-0.2, -0.15) is 13.2 Å². The van der Waals surface area contributed by atoms with E-state index in [-0.39, 0.29) is 5.56 Å². The molecule has 6 heteroatoms. The molecule has 1 aromatic carbocycles. The Kier molecular flexibility index (Phi) is 9.72. The van der Waals surface area contributed by atoms with Gasteiger partial charge < -0.3 is 5.73 Å². The normalized spacial score (nSPS) is 9.95. The average Bonchev–Trinajstić information content (AvgIpc) is 2.30. The Labute approximate surface area is 109 Å². The topological polar surface area (TPSA) is 26.0 Å². The minimum absolute atomic E-state index is 0.176. The zero-order chi connectivity index (χ0) is 15.6. The molecule has 19 heavy (non-hydrogen) atoms. The highest BCUT2D eigenvalue weighted by Crippen LogP contribution is 2.32. The number of rotatable bonds is 1. The summed E-state index contributed by atoms with van der Waals surface area (Å²) >= 11 is 0. The van der Waals surface area contributed by atoms with Crippen molar-refractivity contribution in [1.29, 1.82) is 0 Å². The van der Waals surface area contributed by atoms with Crippen LogP contribution in [0.15, 0.2) is 31.0 Å². The number of aryl methyl sites for hydroxylation is 1. The summed E-state index contributed by atoms with van der Waals surface area (Å²) in [6.07, 6.45) is -6.20. The van der Waals surface area contributed by atoms with Gasteiger partial charge in [0.25, 0.3) is 6.43 Å². The van der Waals surface area contributed by atoms with Crippen molar-refractivity contribution >= 4 is 0 Å². The SMILES string of the molecule is C=CN.CC.Cc1cc(C(F)F)cc(C(F)(F)F)c1. The molecular formula is C13H18F5N. The van der Waals surface area contributed by atoms with E-state index >= 15 is 0 Å². The van der Waals surface area contributed by atoms with Crippen LogP contribution in [0.1, 0.15) is 37.0 Å². The molecule has 0 aliphatic carbocycles. The van der Waals surface area contributed by atoms with Gasteiger partial charge in [0.15, 0.2) is 0 Å². The molecule has 0 saturated heterocycles. The van der Waals surface area contributed by atoms with Crippen molar-refractivity contribution in [3.05, 3.63) is 47.7 Å². The number of hydrogen-bond acceptors (Lipinski definition) is 1. The Bertz CT molecular complexity index is 372. The van der Waals surface area contributed by atoms with Gasteiger partial charge in [0.1, 0.15) is 0 Å². The van der Waals surface area contributed by atoms with Gasteiger partial charge in [0.05, 0.1) is 5.56 Å². The van der Waals surface area contributed by atoms with E-state index in [1.54, 1.807) is 0 Å². The maximum atomic E-state index is 12.2. The Balaban J connectivity index is 0. The highest BCUT2D eigenvalue weighted by Gasteiger charge is 2.31. The first kappa shape index (κ1) is 19.7. The molecule has 0 atom stereocenters. The van der Waals surface area contributed by atoms with Crippen LogP contribution in [0.5, 0.6) is 0 Å². The zero-order valence-corrected chi connectivity index (χ0v) is 11.1. The highest BCUT2D eigenvalue weighted by atomic mass is 19.4. The summed E-state index contributed by atoms with van der Waals surface area (Å²) < 4.78 is 60.8.